The normalized spacial score (nSPS) is 10.5. The van der Waals surface area contributed by atoms with E-state index in [9.17, 15) is 0 Å². The summed E-state index contributed by atoms with van der Waals surface area (Å²) in [5.74, 6) is 4.16. The highest BCUT2D eigenvalue weighted by atomic mass is 32.2. The Hall–Kier alpha value is -3.07. The van der Waals surface area contributed by atoms with Crippen molar-refractivity contribution < 1.29 is 28.1 Å². The molecule has 0 aliphatic rings. The van der Waals surface area contributed by atoms with Crippen molar-refractivity contribution in [2.75, 3.05) is 40.3 Å². The Morgan fingerprint density at radius 3 is 2.07 bits per heavy atom. The summed E-state index contributed by atoms with van der Waals surface area (Å²) in [6, 6.07) is 11.0. The van der Waals surface area contributed by atoms with Gasteiger partial charge in [0.05, 0.1) is 34.5 Å². The Kier molecular flexibility index (Phi) is 7.67. The molecule has 160 valence electrons. The number of hydrogen-bond donors (Lipinski definition) is 0. The standard InChI is InChI=1S/C21H24N2O6S/c1-5-27-15-6-8-16(9-7-15)28-10-11-30-21-23-22-20(29-21)14-12-17(24-2)19(26-4)18(13-14)25-3/h6-9,12-13H,5,10-11H2,1-4H3. The molecular formula is C21H24N2O6S. The molecule has 0 saturated carbocycles. The van der Waals surface area contributed by atoms with Crippen LogP contribution in [0, 0.1) is 0 Å². The van der Waals surface area contributed by atoms with Gasteiger partial charge < -0.3 is 28.1 Å². The monoisotopic (exact) mass is 432 g/mol. The van der Waals surface area contributed by atoms with Crippen LogP contribution in [-0.4, -0.2) is 50.5 Å². The quantitative estimate of drug-likeness (QED) is 0.324. The van der Waals surface area contributed by atoms with Crippen LogP contribution < -0.4 is 23.7 Å². The second-order valence-electron chi connectivity index (χ2n) is 5.89. The molecular weight excluding hydrogens is 408 g/mol. The summed E-state index contributed by atoms with van der Waals surface area (Å²) >= 11 is 1.42. The van der Waals surface area contributed by atoms with Crippen molar-refractivity contribution in [2.45, 2.75) is 12.1 Å². The highest BCUT2D eigenvalue weighted by Crippen LogP contribution is 2.41. The zero-order valence-electron chi connectivity index (χ0n) is 17.3. The molecule has 3 rings (SSSR count). The molecule has 3 aromatic rings. The second-order valence-corrected chi connectivity index (χ2v) is 6.93. The van der Waals surface area contributed by atoms with Gasteiger partial charge in [0.15, 0.2) is 11.5 Å². The minimum Gasteiger partial charge on any atom is -0.494 e. The van der Waals surface area contributed by atoms with Crippen molar-refractivity contribution in [2.24, 2.45) is 0 Å². The highest BCUT2D eigenvalue weighted by Gasteiger charge is 2.17. The summed E-state index contributed by atoms with van der Waals surface area (Å²) in [5, 5.41) is 8.65. The average Bonchev–Trinajstić information content (AvgIpc) is 3.26. The average molecular weight is 432 g/mol. The van der Waals surface area contributed by atoms with Crippen LogP contribution in [0.4, 0.5) is 0 Å². The van der Waals surface area contributed by atoms with Gasteiger partial charge in [0.2, 0.25) is 11.6 Å². The topological polar surface area (TPSA) is 85.1 Å². The van der Waals surface area contributed by atoms with Crippen LogP contribution in [0.5, 0.6) is 28.7 Å². The molecule has 0 aliphatic carbocycles. The molecule has 8 nitrogen and oxygen atoms in total. The maximum absolute atomic E-state index is 5.75. The van der Waals surface area contributed by atoms with Crippen LogP contribution >= 0.6 is 11.8 Å². The Labute approximate surface area is 179 Å². The van der Waals surface area contributed by atoms with E-state index in [-0.39, 0.29) is 0 Å². The summed E-state index contributed by atoms with van der Waals surface area (Å²) in [4.78, 5) is 0. The predicted molar refractivity (Wildman–Crippen MR) is 113 cm³/mol. The van der Waals surface area contributed by atoms with Gasteiger partial charge in [-0.2, -0.15) is 0 Å². The molecule has 0 amide bonds. The van der Waals surface area contributed by atoms with Gasteiger partial charge in [0.25, 0.3) is 5.22 Å². The smallest absolute Gasteiger partial charge is 0.276 e. The fourth-order valence-corrected chi connectivity index (χ4v) is 3.25. The number of ether oxygens (including phenoxy) is 5. The lowest BCUT2D eigenvalue weighted by Gasteiger charge is -2.12. The minimum atomic E-state index is 0.365. The van der Waals surface area contributed by atoms with Crippen LogP contribution in [0.15, 0.2) is 46.0 Å². The molecule has 0 saturated heterocycles. The fourth-order valence-electron chi connectivity index (χ4n) is 2.68. The molecule has 2 aromatic carbocycles. The summed E-state index contributed by atoms with van der Waals surface area (Å²) in [6.45, 7) is 3.09. The first kappa shape index (κ1) is 21.6. The first-order valence-corrected chi connectivity index (χ1v) is 10.3. The zero-order chi connectivity index (χ0) is 21.3. The van der Waals surface area contributed by atoms with E-state index < -0.39 is 0 Å². The zero-order valence-corrected chi connectivity index (χ0v) is 18.2. The Morgan fingerprint density at radius 1 is 0.867 bits per heavy atom. The Balaban J connectivity index is 1.57. The van der Waals surface area contributed by atoms with Crippen LogP contribution in [-0.2, 0) is 0 Å². The molecule has 0 unspecified atom stereocenters. The van der Waals surface area contributed by atoms with Crippen molar-refractivity contribution in [1.29, 1.82) is 0 Å². The number of rotatable bonds is 11. The molecule has 9 heteroatoms. The molecule has 1 aromatic heterocycles. The van der Waals surface area contributed by atoms with Gasteiger partial charge in [-0.05, 0) is 43.3 Å². The van der Waals surface area contributed by atoms with Crippen molar-refractivity contribution in [1.82, 2.24) is 10.2 Å². The number of benzene rings is 2. The maximum atomic E-state index is 5.75. The SMILES string of the molecule is CCOc1ccc(OCCSc2nnc(-c3cc(OC)c(OC)c(OC)c3)o2)cc1. The van der Waals surface area contributed by atoms with Crippen molar-refractivity contribution in [3.63, 3.8) is 0 Å². The largest absolute Gasteiger partial charge is 0.494 e. The Bertz CT molecular complexity index is 920. The molecule has 0 radical (unpaired) electrons. The number of nitrogens with zero attached hydrogens (tertiary/aromatic N) is 2. The third-order valence-corrected chi connectivity index (χ3v) is 4.81. The number of hydrogen-bond acceptors (Lipinski definition) is 9. The molecule has 0 N–H and O–H groups in total. The van der Waals surface area contributed by atoms with Gasteiger partial charge >= 0.3 is 0 Å². The lowest BCUT2D eigenvalue weighted by Crippen LogP contribution is -2.00. The molecule has 0 fully saturated rings. The Morgan fingerprint density at radius 2 is 1.50 bits per heavy atom. The van der Waals surface area contributed by atoms with E-state index in [4.69, 9.17) is 28.1 Å². The van der Waals surface area contributed by atoms with E-state index in [1.165, 1.54) is 11.8 Å². The van der Waals surface area contributed by atoms with Crippen molar-refractivity contribution in [3.05, 3.63) is 36.4 Å². The maximum Gasteiger partial charge on any atom is 0.276 e. The first-order chi connectivity index (χ1) is 14.7. The van der Waals surface area contributed by atoms with Crippen molar-refractivity contribution in [3.8, 4) is 40.2 Å². The van der Waals surface area contributed by atoms with Gasteiger partial charge in [-0.1, -0.05) is 11.8 Å². The highest BCUT2D eigenvalue weighted by molar-refractivity contribution is 7.99. The molecule has 0 bridgehead atoms. The molecule has 0 aliphatic heterocycles. The lowest BCUT2D eigenvalue weighted by molar-refractivity contribution is 0.324. The molecule has 1 heterocycles. The van der Waals surface area contributed by atoms with Gasteiger partial charge in [-0.25, -0.2) is 0 Å². The summed E-state index contributed by atoms with van der Waals surface area (Å²) in [5.41, 5.74) is 0.675. The lowest BCUT2D eigenvalue weighted by atomic mass is 10.2. The van der Waals surface area contributed by atoms with E-state index in [1.807, 2.05) is 31.2 Å². The van der Waals surface area contributed by atoms with Gasteiger partial charge in [-0.15, -0.1) is 10.2 Å². The van der Waals surface area contributed by atoms with E-state index in [1.54, 1.807) is 33.5 Å². The van der Waals surface area contributed by atoms with Crippen LogP contribution in [0.25, 0.3) is 11.5 Å². The summed E-state index contributed by atoms with van der Waals surface area (Å²) in [6.07, 6.45) is 0. The summed E-state index contributed by atoms with van der Waals surface area (Å²) < 4.78 is 33.0. The van der Waals surface area contributed by atoms with E-state index in [2.05, 4.69) is 10.2 Å². The number of methoxy groups -OCH3 is 3. The van der Waals surface area contributed by atoms with Gasteiger partial charge in [-0.3, -0.25) is 0 Å². The second kappa shape index (κ2) is 10.6. The van der Waals surface area contributed by atoms with Crippen molar-refractivity contribution >= 4 is 11.8 Å². The van der Waals surface area contributed by atoms with E-state index in [0.29, 0.717) is 52.9 Å². The molecule has 0 spiro atoms. The molecule has 0 atom stereocenters. The first-order valence-electron chi connectivity index (χ1n) is 9.30. The van der Waals surface area contributed by atoms with E-state index >= 15 is 0 Å². The van der Waals surface area contributed by atoms with Gasteiger partial charge in [0, 0.05) is 11.3 Å². The predicted octanol–water partition coefficient (Wildman–Crippen LogP) is 4.33. The number of aromatic nitrogens is 2. The van der Waals surface area contributed by atoms with Gasteiger partial charge in [0.1, 0.15) is 11.5 Å². The van der Waals surface area contributed by atoms with Crippen LogP contribution in [0.1, 0.15) is 6.92 Å². The molecule has 30 heavy (non-hydrogen) atoms. The van der Waals surface area contributed by atoms with Crippen LogP contribution in [0.3, 0.4) is 0 Å². The fraction of sp³-hybridized carbons (Fsp3) is 0.333. The number of thioether (sulfide) groups is 1. The summed E-state index contributed by atoms with van der Waals surface area (Å²) in [7, 11) is 4.66. The third-order valence-electron chi connectivity index (χ3n) is 4.03. The van der Waals surface area contributed by atoms with E-state index in [0.717, 1.165) is 11.5 Å². The van der Waals surface area contributed by atoms with Crippen LogP contribution in [0.2, 0.25) is 0 Å². The minimum absolute atomic E-state index is 0.365. The third kappa shape index (κ3) is 5.29.